The molecule has 0 aliphatic carbocycles. The summed E-state index contributed by atoms with van der Waals surface area (Å²) in [6.07, 6.45) is 0. The zero-order valence-corrected chi connectivity index (χ0v) is 13.6. The molecule has 0 aromatic heterocycles. The van der Waals surface area contributed by atoms with Crippen LogP contribution in [-0.4, -0.2) is 5.91 Å². The molecule has 3 aromatic carbocycles. The van der Waals surface area contributed by atoms with Crippen LogP contribution >= 0.6 is 0 Å². The van der Waals surface area contributed by atoms with E-state index in [-0.39, 0.29) is 5.91 Å². The summed E-state index contributed by atoms with van der Waals surface area (Å²) < 4.78 is 0. The van der Waals surface area contributed by atoms with Gasteiger partial charge in [-0.25, -0.2) is 0 Å². The predicted molar refractivity (Wildman–Crippen MR) is 98.6 cm³/mol. The number of carbonyl (C=O) groups is 1. The number of aryl methyl sites for hydroxylation is 1. The molecule has 0 unspecified atom stereocenters. The van der Waals surface area contributed by atoms with Crippen molar-refractivity contribution in [2.45, 2.75) is 13.5 Å². The molecule has 0 atom stereocenters. The summed E-state index contributed by atoms with van der Waals surface area (Å²) in [5.41, 5.74) is 11.3. The standard InChI is InChI=1S/C21H20N2O/c1-15-7-12-19(22)13-20(15)21(24)23-14-16-8-10-18(11-9-16)17-5-3-2-4-6-17/h2-13H,14,22H2,1H3,(H,23,24). The Hall–Kier alpha value is -3.07. The lowest BCUT2D eigenvalue weighted by atomic mass is 10.0. The summed E-state index contributed by atoms with van der Waals surface area (Å²) in [5.74, 6) is -0.105. The third-order valence-electron chi connectivity index (χ3n) is 4.02. The zero-order valence-electron chi connectivity index (χ0n) is 13.6. The Morgan fingerprint density at radius 3 is 2.29 bits per heavy atom. The van der Waals surface area contributed by atoms with Crippen LogP contribution < -0.4 is 11.1 Å². The van der Waals surface area contributed by atoms with Crippen molar-refractivity contribution in [3.63, 3.8) is 0 Å². The average molecular weight is 316 g/mol. The summed E-state index contributed by atoms with van der Waals surface area (Å²) in [6.45, 7) is 2.39. The lowest BCUT2D eigenvalue weighted by Gasteiger charge is -2.09. The van der Waals surface area contributed by atoms with E-state index in [2.05, 4.69) is 29.6 Å². The minimum absolute atomic E-state index is 0.105. The van der Waals surface area contributed by atoms with Gasteiger partial charge in [-0.3, -0.25) is 4.79 Å². The van der Waals surface area contributed by atoms with Crippen molar-refractivity contribution >= 4 is 11.6 Å². The van der Waals surface area contributed by atoms with Crippen LogP contribution in [0.15, 0.2) is 72.8 Å². The van der Waals surface area contributed by atoms with E-state index in [4.69, 9.17) is 5.73 Å². The van der Waals surface area contributed by atoms with Crippen molar-refractivity contribution in [1.29, 1.82) is 0 Å². The second kappa shape index (κ2) is 7.01. The molecule has 3 rings (SSSR count). The second-order valence-electron chi connectivity index (χ2n) is 5.82. The molecule has 0 saturated carbocycles. The number of rotatable bonds is 4. The summed E-state index contributed by atoms with van der Waals surface area (Å²) in [6, 6.07) is 23.8. The quantitative estimate of drug-likeness (QED) is 0.710. The van der Waals surface area contributed by atoms with E-state index in [1.54, 1.807) is 12.1 Å². The zero-order chi connectivity index (χ0) is 16.9. The molecule has 0 heterocycles. The number of benzene rings is 3. The highest BCUT2D eigenvalue weighted by Gasteiger charge is 2.09. The molecule has 0 fully saturated rings. The van der Waals surface area contributed by atoms with Gasteiger partial charge in [-0.15, -0.1) is 0 Å². The number of amides is 1. The maximum Gasteiger partial charge on any atom is 0.251 e. The molecule has 0 spiro atoms. The summed E-state index contributed by atoms with van der Waals surface area (Å²) >= 11 is 0. The number of carbonyl (C=O) groups excluding carboxylic acids is 1. The molecule has 3 nitrogen and oxygen atoms in total. The lowest BCUT2D eigenvalue weighted by molar-refractivity contribution is 0.0950. The van der Waals surface area contributed by atoms with Crippen LogP contribution in [0.25, 0.3) is 11.1 Å². The first kappa shape index (κ1) is 15.8. The van der Waals surface area contributed by atoms with Gasteiger partial charge in [0.25, 0.3) is 5.91 Å². The van der Waals surface area contributed by atoms with Crippen LogP contribution in [0.3, 0.4) is 0 Å². The Balaban J connectivity index is 1.66. The first-order valence-corrected chi connectivity index (χ1v) is 7.92. The van der Waals surface area contributed by atoms with Crippen LogP contribution in [0.2, 0.25) is 0 Å². The largest absolute Gasteiger partial charge is 0.399 e. The first-order chi connectivity index (χ1) is 11.6. The molecular formula is C21H20N2O. The predicted octanol–water partition coefficient (Wildman–Crippen LogP) is 4.17. The number of hydrogen-bond donors (Lipinski definition) is 2. The van der Waals surface area contributed by atoms with Crippen molar-refractivity contribution in [2.24, 2.45) is 0 Å². The van der Waals surface area contributed by atoms with Gasteiger partial charge in [0.1, 0.15) is 0 Å². The second-order valence-corrected chi connectivity index (χ2v) is 5.82. The van der Waals surface area contributed by atoms with Crippen molar-refractivity contribution in [2.75, 3.05) is 5.73 Å². The molecule has 0 aliphatic heterocycles. The van der Waals surface area contributed by atoms with E-state index in [0.717, 1.165) is 16.7 Å². The Labute approximate surface area is 142 Å². The van der Waals surface area contributed by atoms with Crippen LogP contribution in [0.4, 0.5) is 5.69 Å². The summed E-state index contributed by atoms with van der Waals surface area (Å²) in [7, 11) is 0. The summed E-state index contributed by atoms with van der Waals surface area (Å²) in [5, 5.41) is 2.95. The molecule has 3 heteroatoms. The Kier molecular flexibility index (Phi) is 4.62. The fourth-order valence-electron chi connectivity index (χ4n) is 2.61. The highest BCUT2D eigenvalue weighted by atomic mass is 16.1. The van der Waals surface area contributed by atoms with Gasteiger partial charge < -0.3 is 11.1 Å². The van der Waals surface area contributed by atoms with Crippen LogP contribution in [0, 0.1) is 6.92 Å². The number of nitrogen functional groups attached to an aromatic ring is 1. The number of nitrogens with one attached hydrogen (secondary N) is 1. The van der Waals surface area contributed by atoms with Gasteiger partial charge >= 0.3 is 0 Å². The van der Waals surface area contributed by atoms with Gasteiger partial charge in [0, 0.05) is 17.8 Å². The van der Waals surface area contributed by atoms with Crippen molar-refractivity contribution < 1.29 is 4.79 Å². The third-order valence-corrected chi connectivity index (χ3v) is 4.02. The minimum atomic E-state index is -0.105. The molecular weight excluding hydrogens is 296 g/mol. The van der Waals surface area contributed by atoms with E-state index in [1.807, 2.05) is 43.3 Å². The average Bonchev–Trinajstić information content (AvgIpc) is 2.63. The molecule has 3 N–H and O–H groups in total. The maximum absolute atomic E-state index is 12.3. The third kappa shape index (κ3) is 3.63. The van der Waals surface area contributed by atoms with Crippen molar-refractivity contribution in [3.05, 3.63) is 89.5 Å². The van der Waals surface area contributed by atoms with E-state index < -0.39 is 0 Å². The molecule has 0 bridgehead atoms. The highest BCUT2D eigenvalue weighted by molar-refractivity contribution is 5.96. The van der Waals surface area contributed by atoms with E-state index in [1.165, 1.54) is 5.56 Å². The van der Waals surface area contributed by atoms with E-state index in [9.17, 15) is 4.79 Å². The molecule has 0 saturated heterocycles. The lowest BCUT2D eigenvalue weighted by Crippen LogP contribution is -2.23. The number of anilines is 1. The Morgan fingerprint density at radius 1 is 0.917 bits per heavy atom. The molecule has 3 aromatic rings. The molecule has 24 heavy (non-hydrogen) atoms. The number of nitrogens with two attached hydrogens (primary N) is 1. The van der Waals surface area contributed by atoms with Gasteiger partial charge in [0.15, 0.2) is 0 Å². The molecule has 0 aliphatic rings. The fraction of sp³-hybridized carbons (Fsp3) is 0.0952. The molecule has 1 amide bonds. The highest BCUT2D eigenvalue weighted by Crippen LogP contribution is 2.19. The topological polar surface area (TPSA) is 55.1 Å². The van der Waals surface area contributed by atoms with Gasteiger partial charge in [-0.05, 0) is 41.3 Å². The monoisotopic (exact) mass is 316 g/mol. The van der Waals surface area contributed by atoms with Crippen molar-refractivity contribution in [3.8, 4) is 11.1 Å². The van der Waals surface area contributed by atoms with E-state index >= 15 is 0 Å². The van der Waals surface area contributed by atoms with E-state index in [0.29, 0.717) is 17.8 Å². The molecule has 0 radical (unpaired) electrons. The van der Waals surface area contributed by atoms with Crippen LogP contribution in [-0.2, 0) is 6.54 Å². The van der Waals surface area contributed by atoms with Gasteiger partial charge in [0.05, 0.1) is 0 Å². The van der Waals surface area contributed by atoms with Gasteiger partial charge in [0.2, 0.25) is 0 Å². The Morgan fingerprint density at radius 2 is 1.58 bits per heavy atom. The van der Waals surface area contributed by atoms with Crippen LogP contribution in [0.5, 0.6) is 0 Å². The van der Waals surface area contributed by atoms with Crippen molar-refractivity contribution in [1.82, 2.24) is 5.32 Å². The molecule has 120 valence electrons. The maximum atomic E-state index is 12.3. The normalized spacial score (nSPS) is 10.4. The SMILES string of the molecule is Cc1ccc(N)cc1C(=O)NCc1ccc(-c2ccccc2)cc1. The fourth-order valence-corrected chi connectivity index (χ4v) is 2.61. The summed E-state index contributed by atoms with van der Waals surface area (Å²) in [4.78, 5) is 12.3. The minimum Gasteiger partial charge on any atom is -0.399 e. The number of hydrogen-bond acceptors (Lipinski definition) is 2. The van der Waals surface area contributed by atoms with Crippen LogP contribution in [0.1, 0.15) is 21.5 Å². The smallest absolute Gasteiger partial charge is 0.251 e. The van der Waals surface area contributed by atoms with Gasteiger partial charge in [-0.2, -0.15) is 0 Å². The Bertz CT molecular complexity index is 839. The van der Waals surface area contributed by atoms with Gasteiger partial charge in [-0.1, -0.05) is 60.7 Å². The first-order valence-electron chi connectivity index (χ1n) is 7.92.